The van der Waals surface area contributed by atoms with Crippen LogP contribution in [0.15, 0.2) is 12.3 Å². The van der Waals surface area contributed by atoms with E-state index in [0.29, 0.717) is 0 Å². The summed E-state index contributed by atoms with van der Waals surface area (Å²) in [4.78, 5) is 82.1. The predicted octanol–water partition coefficient (Wildman–Crippen LogP) is 6.78. The van der Waals surface area contributed by atoms with E-state index in [1.807, 2.05) is 4.90 Å². The number of rotatable bonds is 51. The standard InChI is InChI=1S/C61H114N6O11.Gd/c1-4-6-8-10-12-14-16-18-20-22-24-26-28-30-32-34-39-67(40-35-33-31-29-27-25-23-21-19-17-15-13-11-9-7-5-2)56(68)36-37-60(75)78-51-50-77-49-38-62-61(76)55(3)66-47-45-64(53-58(71)72)43-41-63(52-57(69)70)42-44-65(46-48-66)54-59(73)74;/h3-54H2,1-2H3,(H,62,76)(H,69,70)(H,71,72)(H,73,74);/q;+3/p-3. The monoisotopic (exact) mass is 1260 g/mol. The summed E-state index contributed by atoms with van der Waals surface area (Å²) in [6, 6.07) is 0. The van der Waals surface area contributed by atoms with Crippen LogP contribution in [0.5, 0.6) is 0 Å². The second-order valence-electron chi connectivity index (χ2n) is 22.0. The zero-order valence-electron chi connectivity index (χ0n) is 49.8. The zero-order valence-corrected chi connectivity index (χ0v) is 52.1. The Labute approximate surface area is 511 Å². The number of ether oxygens (including phenoxy) is 2. The molecule has 18 heteroatoms. The number of esters is 1. The van der Waals surface area contributed by atoms with Crippen LogP contribution in [0.1, 0.15) is 232 Å². The minimum absolute atomic E-state index is 0. The number of carboxylic acids is 3. The molecule has 1 N–H and O–H groups in total. The molecular weight excluding hydrogens is 1150 g/mol. The Morgan fingerprint density at radius 2 is 0.759 bits per heavy atom. The third-order valence-electron chi connectivity index (χ3n) is 15.0. The second kappa shape index (κ2) is 54.8. The number of hydrogen-bond acceptors (Lipinski definition) is 15. The quantitative estimate of drug-likeness (QED) is 0.0377. The van der Waals surface area contributed by atoms with Gasteiger partial charge in [-0.1, -0.05) is 213 Å². The fourth-order valence-electron chi connectivity index (χ4n) is 10.1. The van der Waals surface area contributed by atoms with E-state index in [9.17, 15) is 44.1 Å². The first-order chi connectivity index (χ1) is 37.9. The average molecular weight is 1260 g/mol. The topological polar surface area (TPSA) is 218 Å². The van der Waals surface area contributed by atoms with Gasteiger partial charge in [0.2, 0.25) is 5.91 Å². The van der Waals surface area contributed by atoms with Gasteiger partial charge in [0.25, 0.3) is 5.91 Å². The van der Waals surface area contributed by atoms with E-state index in [0.717, 1.165) is 38.8 Å². The van der Waals surface area contributed by atoms with Gasteiger partial charge in [0, 0.05) is 98.0 Å². The largest absolute Gasteiger partial charge is 3.00 e. The van der Waals surface area contributed by atoms with Crippen LogP contribution in [-0.2, 0) is 38.2 Å². The molecule has 0 aromatic heterocycles. The third-order valence-corrected chi connectivity index (χ3v) is 15.0. The van der Waals surface area contributed by atoms with Crippen LogP contribution in [-0.4, -0.2) is 172 Å². The van der Waals surface area contributed by atoms with Gasteiger partial charge in [-0.25, -0.2) is 0 Å². The molecule has 0 unspecified atom stereocenters. The Hall–Kier alpha value is -2.48. The van der Waals surface area contributed by atoms with Crippen molar-refractivity contribution in [3.8, 4) is 0 Å². The number of hydrogen-bond donors (Lipinski definition) is 1. The maximum atomic E-state index is 13.5. The van der Waals surface area contributed by atoms with Crippen LogP contribution >= 0.6 is 0 Å². The van der Waals surface area contributed by atoms with E-state index in [-0.39, 0.29) is 143 Å². The van der Waals surface area contributed by atoms with E-state index in [1.165, 1.54) is 180 Å². The van der Waals surface area contributed by atoms with E-state index >= 15 is 0 Å². The molecule has 1 fully saturated rings. The minimum Gasteiger partial charge on any atom is -0.549 e. The maximum Gasteiger partial charge on any atom is 3.00 e. The number of carbonyl (C=O) groups excluding carboxylic acids is 6. The molecule has 1 heterocycles. The zero-order chi connectivity index (χ0) is 57.1. The van der Waals surface area contributed by atoms with E-state index in [4.69, 9.17) is 9.47 Å². The molecule has 459 valence electrons. The summed E-state index contributed by atoms with van der Waals surface area (Å²) in [7, 11) is 0. The molecule has 1 saturated heterocycles. The molecule has 79 heavy (non-hydrogen) atoms. The molecule has 1 radical (unpaired) electrons. The summed E-state index contributed by atoms with van der Waals surface area (Å²) in [5.41, 5.74) is 0.0875. The van der Waals surface area contributed by atoms with E-state index in [2.05, 4.69) is 25.7 Å². The van der Waals surface area contributed by atoms with Crippen molar-refractivity contribution < 1.29 is 93.5 Å². The number of nitrogens with zero attached hydrogens (tertiary/aromatic N) is 5. The molecule has 1 aliphatic rings. The number of nitrogens with one attached hydrogen (secondary N) is 1. The molecule has 1 aliphatic heterocycles. The first-order valence-electron chi connectivity index (χ1n) is 31.4. The predicted molar refractivity (Wildman–Crippen MR) is 305 cm³/mol. The molecule has 0 atom stereocenters. The molecule has 0 spiro atoms. The SMILES string of the molecule is C=C(C(=O)NCCOCCOC(=O)CCC(=O)N(CCCCCCCCCCCCCCCCCC)CCCCCCCCCCCCCCCCCC)N1CCN(CC(=O)[O-])CCN(CC(=O)[O-])CCN(CC(=O)[O-])CC1.[Gd+3]. The van der Waals surface area contributed by atoms with Gasteiger partial charge in [-0.3, -0.25) is 29.1 Å². The van der Waals surface area contributed by atoms with Crippen LogP contribution in [0, 0.1) is 39.9 Å². The fourth-order valence-corrected chi connectivity index (χ4v) is 10.1. The van der Waals surface area contributed by atoms with Gasteiger partial charge < -0.3 is 54.3 Å². The Bertz CT molecular complexity index is 1500. The Balaban J connectivity index is 0.0000608. The number of amides is 2. The third kappa shape index (κ3) is 47.7. The van der Waals surface area contributed by atoms with Crippen molar-refractivity contribution in [2.24, 2.45) is 0 Å². The van der Waals surface area contributed by atoms with Crippen molar-refractivity contribution in [2.45, 2.75) is 232 Å². The van der Waals surface area contributed by atoms with Crippen molar-refractivity contribution in [2.75, 3.05) is 111 Å². The molecule has 0 aliphatic carbocycles. The number of unbranched alkanes of at least 4 members (excludes halogenated alkanes) is 30. The first kappa shape index (κ1) is 76.5. The van der Waals surface area contributed by atoms with Crippen molar-refractivity contribution in [1.29, 1.82) is 0 Å². The molecule has 0 aromatic rings. The van der Waals surface area contributed by atoms with Gasteiger partial charge in [-0.05, 0) is 12.8 Å². The summed E-state index contributed by atoms with van der Waals surface area (Å²) < 4.78 is 11.0. The summed E-state index contributed by atoms with van der Waals surface area (Å²) >= 11 is 0. The fraction of sp³-hybridized carbons (Fsp3) is 0.869. The van der Waals surface area contributed by atoms with Gasteiger partial charge in [0.1, 0.15) is 6.61 Å². The number of carbonyl (C=O) groups is 6. The Morgan fingerprint density at radius 1 is 0.443 bits per heavy atom. The van der Waals surface area contributed by atoms with Gasteiger partial charge in [-0.2, -0.15) is 0 Å². The van der Waals surface area contributed by atoms with Crippen LogP contribution in [0.3, 0.4) is 0 Å². The molecule has 17 nitrogen and oxygen atoms in total. The minimum atomic E-state index is -1.31. The Morgan fingerprint density at radius 3 is 1.09 bits per heavy atom. The summed E-state index contributed by atoms with van der Waals surface area (Å²) in [6.07, 6.45) is 41.7. The van der Waals surface area contributed by atoms with Crippen LogP contribution in [0.2, 0.25) is 0 Å². The maximum absolute atomic E-state index is 13.5. The summed E-state index contributed by atoms with van der Waals surface area (Å²) in [6.45, 7) is 10.4. The van der Waals surface area contributed by atoms with Crippen molar-refractivity contribution in [1.82, 2.24) is 29.8 Å². The molecule has 0 bridgehead atoms. The second-order valence-corrected chi connectivity index (χ2v) is 22.0. The van der Waals surface area contributed by atoms with Gasteiger partial charge in [0.05, 0.1) is 43.2 Å². The average Bonchev–Trinajstić information content (AvgIpc) is 3.40. The molecule has 2 amide bonds. The van der Waals surface area contributed by atoms with E-state index in [1.54, 1.807) is 19.6 Å². The molecule has 0 saturated carbocycles. The normalized spacial score (nSPS) is 14.0. The van der Waals surface area contributed by atoms with Gasteiger partial charge >= 0.3 is 45.9 Å². The van der Waals surface area contributed by atoms with Crippen LogP contribution in [0.4, 0.5) is 0 Å². The summed E-state index contributed by atoms with van der Waals surface area (Å²) in [5.74, 6) is -4.89. The van der Waals surface area contributed by atoms with Gasteiger partial charge in [0.15, 0.2) is 0 Å². The molecule has 0 aromatic carbocycles. The molecule has 1 rings (SSSR count). The van der Waals surface area contributed by atoms with Crippen LogP contribution < -0.4 is 20.6 Å². The number of aliphatic carboxylic acids is 3. The number of carboxylic acid groups (broad SMARTS) is 3. The first-order valence-corrected chi connectivity index (χ1v) is 31.4. The Kier molecular flexibility index (Phi) is 53.0. The van der Waals surface area contributed by atoms with Crippen molar-refractivity contribution in [3.63, 3.8) is 0 Å². The summed E-state index contributed by atoms with van der Waals surface area (Å²) in [5, 5.41) is 37.2. The van der Waals surface area contributed by atoms with Crippen molar-refractivity contribution >= 4 is 35.7 Å². The van der Waals surface area contributed by atoms with Gasteiger partial charge in [-0.15, -0.1) is 0 Å². The smallest absolute Gasteiger partial charge is 0.549 e. The van der Waals surface area contributed by atoms with E-state index < -0.39 is 49.4 Å². The van der Waals surface area contributed by atoms with Crippen molar-refractivity contribution in [3.05, 3.63) is 12.3 Å². The van der Waals surface area contributed by atoms with Crippen LogP contribution in [0.25, 0.3) is 0 Å². The molecular formula is C61H111GdN6O11.